The molecule has 0 rings (SSSR count). The summed E-state index contributed by atoms with van der Waals surface area (Å²) in [4.78, 5) is 0. The van der Waals surface area contributed by atoms with Crippen LogP contribution in [-0.4, -0.2) is 46.5 Å². The van der Waals surface area contributed by atoms with Crippen LogP contribution in [0.15, 0.2) is 0 Å². The molecule has 1 unspecified atom stereocenters. The van der Waals surface area contributed by atoms with Crippen molar-refractivity contribution in [3.05, 3.63) is 0 Å². The molecule has 0 aromatic carbocycles. The molecular weight excluding hydrogens is 467 g/mol. The highest BCUT2D eigenvalue weighted by Crippen LogP contribution is 2.61. The summed E-state index contributed by atoms with van der Waals surface area (Å²) in [5.74, 6) is -33.7. The number of alkyl halides is 13. The van der Waals surface area contributed by atoms with Crippen LogP contribution in [0.5, 0.6) is 0 Å². The Bertz CT molecular complexity index is 653. The van der Waals surface area contributed by atoms with Crippen molar-refractivity contribution in [3.63, 3.8) is 0 Å². The van der Waals surface area contributed by atoms with Gasteiger partial charge in [0.1, 0.15) is 5.60 Å². The van der Waals surface area contributed by atoms with Crippen molar-refractivity contribution in [2.75, 3.05) is 0 Å². The molecule has 0 saturated heterocycles. The van der Waals surface area contributed by atoms with Crippen LogP contribution in [0.2, 0.25) is 0 Å². The van der Waals surface area contributed by atoms with Crippen LogP contribution in [0.25, 0.3) is 0 Å². The van der Waals surface area contributed by atoms with Crippen molar-refractivity contribution in [1.29, 1.82) is 0 Å². The SMILES string of the molecule is CCCCCCC#CC(C)(O)CC(F)(F)C(F)(F)C(F)(F)C(F)(F)C(F)(F)C(F)(F)F. The number of aliphatic hydroxyl groups is 1. The van der Waals surface area contributed by atoms with Crippen LogP contribution in [0.4, 0.5) is 57.1 Å². The highest BCUT2D eigenvalue weighted by atomic mass is 19.4. The van der Waals surface area contributed by atoms with Crippen LogP contribution >= 0.6 is 0 Å². The Morgan fingerprint density at radius 2 is 1.10 bits per heavy atom. The smallest absolute Gasteiger partial charge is 0.378 e. The Balaban J connectivity index is 5.84. The Labute approximate surface area is 169 Å². The van der Waals surface area contributed by atoms with Crippen LogP contribution in [0, 0.1) is 11.8 Å². The monoisotopic (exact) mass is 486 g/mol. The van der Waals surface area contributed by atoms with Crippen LogP contribution < -0.4 is 0 Å². The van der Waals surface area contributed by atoms with Crippen LogP contribution in [0.1, 0.15) is 52.4 Å². The van der Waals surface area contributed by atoms with Gasteiger partial charge in [-0.25, -0.2) is 0 Å². The Kier molecular flexibility index (Phi) is 8.82. The fourth-order valence-corrected chi connectivity index (χ4v) is 2.28. The molecule has 1 nitrogen and oxygen atoms in total. The van der Waals surface area contributed by atoms with E-state index in [0.717, 1.165) is 12.8 Å². The lowest BCUT2D eigenvalue weighted by Crippen LogP contribution is -2.70. The molecule has 1 N–H and O–H groups in total. The quantitative estimate of drug-likeness (QED) is 0.204. The molecule has 1 atom stereocenters. The highest BCUT2D eigenvalue weighted by Gasteiger charge is 2.90. The van der Waals surface area contributed by atoms with Gasteiger partial charge in [-0.1, -0.05) is 32.1 Å². The van der Waals surface area contributed by atoms with Crippen molar-refractivity contribution in [1.82, 2.24) is 0 Å². The average molecular weight is 486 g/mol. The van der Waals surface area contributed by atoms with E-state index in [1.807, 2.05) is 6.92 Å². The third-order valence-electron chi connectivity index (χ3n) is 4.08. The van der Waals surface area contributed by atoms with Gasteiger partial charge in [0.2, 0.25) is 0 Å². The summed E-state index contributed by atoms with van der Waals surface area (Å²) in [7, 11) is 0. The molecule has 0 bridgehead atoms. The molecule has 0 aromatic rings. The molecule has 14 heteroatoms. The summed E-state index contributed by atoms with van der Waals surface area (Å²) in [6.07, 6.45) is -7.67. The van der Waals surface area contributed by atoms with Crippen molar-refractivity contribution in [3.8, 4) is 11.8 Å². The van der Waals surface area contributed by atoms with E-state index in [9.17, 15) is 62.2 Å². The molecule has 0 fully saturated rings. The highest BCUT2D eigenvalue weighted by molar-refractivity contribution is 5.17. The molecule has 0 saturated carbocycles. The fourth-order valence-electron chi connectivity index (χ4n) is 2.28. The van der Waals surface area contributed by atoms with Gasteiger partial charge in [-0.15, -0.1) is 5.92 Å². The van der Waals surface area contributed by atoms with E-state index in [-0.39, 0.29) is 6.42 Å². The summed E-state index contributed by atoms with van der Waals surface area (Å²) < 4.78 is 169. The first-order chi connectivity index (χ1) is 13.5. The maximum Gasteiger partial charge on any atom is 0.460 e. The topological polar surface area (TPSA) is 20.2 Å². The van der Waals surface area contributed by atoms with Crippen molar-refractivity contribution in [2.24, 2.45) is 0 Å². The summed E-state index contributed by atoms with van der Waals surface area (Å²) in [6, 6.07) is 0. The van der Waals surface area contributed by atoms with Gasteiger partial charge in [0, 0.05) is 6.42 Å². The second-order valence-corrected chi connectivity index (χ2v) is 7.06. The predicted octanol–water partition coefficient (Wildman–Crippen LogP) is 6.84. The summed E-state index contributed by atoms with van der Waals surface area (Å²) in [6.45, 7) is 2.18. The van der Waals surface area contributed by atoms with E-state index < -0.39 is 47.8 Å². The number of rotatable bonds is 10. The van der Waals surface area contributed by atoms with Crippen LogP contribution in [-0.2, 0) is 0 Å². The lowest BCUT2D eigenvalue weighted by molar-refractivity contribution is -0.441. The first-order valence-corrected chi connectivity index (χ1v) is 8.70. The Hall–Kier alpha value is -1.39. The van der Waals surface area contributed by atoms with Gasteiger partial charge in [-0.2, -0.15) is 57.1 Å². The fraction of sp³-hybridized carbons (Fsp3) is 0.882. The second kappa shape index (κ2) is 9.23. The largest absolute Gasteiger partial charge is 0.460 e. The molecule has 0 heterocycles. The molecule has 0 aliphatic rings. The van der Waals surface area contributed by atoms with E-state index in [4.69, 9.17) is 0 Å². The summed E-state index contributed by atoms with van der Waals surface area (Å²) >= 11 is 0. The van der Waals surface area contributed by atoms with Crippen molar-refractivity contribution >= 4 is 0 Å². The van der Waals surface area contributed by atoms with Gasteiger partial charge in [0.25, 0.3) is 0 Å². The van der Waals surface area contributed by atoms with Gasteiger partial charge in [-0.05, 0) is 13.3 Å². The van der Waals surface area contributed by atoms with E-state index in [0.29, 0.717) is 19.8 Å². The predicted molar refractivity (Wildman–Crippen MR) is 82.6 cm³/mol. The molecule has 31 heavy (non-hydrogen) atoms. The molecule has 184 valence electrons. The van der Waals surface area contributed by atoms with E-state index >= 15 is 0 Å². The lowest BCUT2D eigenvalue weighted by Gasteiger charge is -2.40. The van der Waals surface area contributed by atoms with Gasteiger partial charge in [-0.3, -0.25) is 0 Å². The minimum absolute atomic E-state index is 0.0375. The lowest BCUT2D eigenvalue weighted by atomic mass is 9.88. The molecule has 0 aliphatic carbocycles. The number of unbranched alkanes of at least 4 members (excludes halogenated alkanes) is 4. The average Bonchev–Trinajstić information content (AvgIpc) is 2.55. The Morgan fingerprint density at radius 1 is 0.645 bits per heavy atom. The first-order valence-electron chi connectivity index (χ1n) is 8.70. The Morgan fingerprint density at radius 3 is 1.52 bits per heavy atom. The molecule has 0 amide bonds. The third-order valence-corrected chi connectivity index (χ3v) is 4.08. The van der Waals surface area contributed by atoms with Gasteiger partial charge >= 0.3 is 35.8 Å². The van der Waals surface area contributed by atoms with Gasteiger partial charge in [0.05, 0.1) is 6.42 Å². The zero-order chi connectivity index (χ0) is 25.2. The molecule has 0 aromatic heterocycles. The van der Waals surface area contributed by atoms with E-state index in [1.165, 1.54) is 0 Å². The zero-order valence-electron chi connectivity index (χ0n) is 16.1. The normalized spacial score (nSPS) is 16.5. The van der Waals surface area contributed by atoms with E-state index in [1.54, 1.807) is 5.92 Å². The number of halogens is 13. The van der Waals surface area contributed by atoms with Gasteiger partial charge in [0.15, 0.2) is 0 Å². The van der Waals surface area contributed by atoms with Crippen molar-refractivity contribution < 1.29 is 62.2 Å². The van der Waals surface area contributed by atoms with E-state index in [2.05, 4.69) is 5.92 Å². The molecule has 0 aliphatic heterocycles. The molecular formula is C17H19F13O. The zero-order valence-corrected chi connectivity index (χ0v) is 16.1. The van der Waals surface area contributed by atoms with Crippen molar-refractivity contribution in [2.45, 2.75) is 93.8 Å². The first kappa shape index (κ1) is 29.6. The molecule has 0 radical (unpaired) electrons. The maximum atomic E-state index is 13.8. The number of hydrogen-bond donors (Lipinski definition) is 1. The molecule has 0 spiro atoms. The summed E-state index contributed by atoms with van der Waals surface area (Å²) in [5, 5.41) is 9.63. The maximum absolute atomic E-state index is 13.8. The summed E-state index contributed by atoms with van der Waals surface area (Å²) in [5.41, 5.74) is -3.18. The van der Waals surface area contributed by atoms with Gasteiger partial charge < -0.3 is 5.11 Å². The standard InChI is InChI=1S/C17H19F13O/c1-3-4-5-6-7-8-9-11(2,31)10-12(18,19)13(20,21)14(22,23)15(24,25)16(26,27)17(28,29)30/h31H,3-7,10H2,1-2H3. The minimum atomic E-state index is -7.96. The number of hydrogen-bond acceptors (Lipinski definition) is 1. The van der Waals surface area contributed by atoms with Crippen LogP contribution in [0.3, 0.4) is 0 Å². The minimum Gasteiger partial charge on any atom is -0.378 e. The second-order valence-electron chi connectivity index (χ2n) is 7.06. The third kappa shape index (κ3) is 5.90.